The normalized spacial score (nSPS) is 10.9. The summed E-state index contributed by atoms with van der Waals surface area (Å²) in [5, 5.41) is 8.67. The topological polar surface area (TPSA) is 72.1 Å². The number of H-pyrrole nitrogens is 1. The first-order valence-electron chi connectivity index (χ1n) is 6.12. The number of benzene rings is 2. The van der Waals surface area contributed by atoms with Crippen LogP contribution in [0.15, 0.2) is 35.1 Å². The molecule has 3 aromatic rings. The van der Waals surface area contributed by atoms with Crippen LogP contribution in [0.5, 0.6) is 5.75 Å². The van der Waals surface area contributed by atoms with Crippen LogP contribution in [-0.4, -0.2) is 23.1 Å². The summed E-state index contributed by atoms with van der Waals surface area (Å²) in [6.07, 6.45) is 0. The second-order valence-corrected chi connectivity index (χ2v) is 4.53. The third-order valence-electron chi connectivity index (χ3n) is 3.31. The number of hydrogen-bond acceptors (Lipinski definition) is 4. The molecular formula is C15H12N2O3. The molecule has 0 atom stereocenters. The minimum atomic E-state index is -0.291. The van der Waals surface area contributed by atoms with Gasteiger partial charge in [-0.25, -0.2) is 5.10 Å². The Hall–Kier alpha value is -2.69. The summed E-state index contributed by atoms with van der Waals surface area (Å²) in [4.78, 5) is 23.3. The number of aromatic nitrogens is 2. The van der Waals surface area contributed by atoms with Crippen LogP contribution in [0.25, 0.3) is 21.7 Å². The van der Waals surface area contributed by atoms with Crippen LogP contribution in [0, 0.1) is 0 Å². The van der Waals surface area contributed by atoms with Gasteiger partial charge in [-0.2, -0.15) is 5.10 Å². The van der Waals surface area contributed by atoms with Crippen molar-refractivity contribution in [1.82, 2.24) is 10.2 Å². The number of fused-ring (bicyclic) bond motifs is 3. The molecule has 0 bridgehead atoms. The first-order valence-corrected chi connectivity index (χ1v) is 6.12. The van der Waals surface area contributed by atoms with Gasteiger partial charge in [0, 0.05) is 17.0 Å². The van der Waals surface area contributed by atoms with Crippen LogP contribution in [-0.2, 0) is 0 Å². The Labute approximate surface area is 114 Å². The van der Waals surface area contributed by atoms with Gasteiger partial charge in [0.05, 0.1) is 7.11 Å². The number of nitrogens with one attached hydrogen (secondary N) is 1. The number of Topliss-reactive ketones (excluding diaryl/α,β-unsaturated/α-hetero) is 1. The average Bonchev–Trinajstić information content (AvgIpc) is 2.45. The second kappa shape index (κ2) is 4.45. The minimum absolute atomic E-state index is 0.0326. The van der Waals surface area contributed by atoms with Gasteiger partial charge in [0.25, 0.3) is 5.56 Å². The zero-order chi connectivity index (χ0) is 14.3. The molecule has 20 heavy (non-hydrogen) atoms. The maximum absolute atomic E-state index is 11.7. The highest BCUT2D eigenvalue weighted by molar-refractivity contribution is 6.15. The fraction of sp³-hybridized carbons (Fsp3) is 0.133. The molecule has 0 saturated carbocycles. The highest BCUT2D eigenvalue weighted by Gasteiger charge is 2.13. The highest BCUT2D eigenvalue weighted by atomic mass is 16.5. The Balaban J connectivity index is 2.59. The van der Waals surface area contributed by atoms with E-state index in [2.05, 4.69) is 10.2 Å². The van der Waals surface area contributed by atoms with Crippen LogP contribution in [0.2, 0.25) is 0 Å². The van der Waals surface area contributed by atoms with Crippen molar-refractivity contribution >= 4 is 27.5 Å². The Morgan fingerprint density at radius 1 is 1.20 bits per heavy atom. The molecule has 0 aliphatic rings. The van der Waals surface area contributed by atoms with Crippen LogP contribution >= 0.6 is 0 Å². The molecule has 1 aromatic heterocycles. The van der Waals surface area contributed by atoms with Gasteiger partial charge in [0.1, 0.15) is 11.3 Å². The van der Waals surface area contributed by atoms with Crippen molar-refractivity contribution in [2.75, 3.05) is 7.11 Å². The molecule has 0 fully saturated rings. The number of nitrogens with zero attached hydrogens (tertiary/aromatic N) is 1. The zero-order valence-electron chi connectivity index (χ0n) is 11.1. The zero-order valence-corrected chi connectivity index (χ0v) is 11.1. The number of carbonyl (C=O) groups is 1. The third kappa shape index (κ3) is 1.75. The lowest BCUT2D eigenvalue weighted by Crippen LogP contribution is -2.07. The summed E-state index contributed by atoms with van der Waals surface area (Å²) in [5.41, 5.74) is 0.878. The van der Waals surface area contributed by atoms with E-state index in [9.17, 15) is 9.59 Å². The molecule has 0 saturated heterocycles. The van der Waals surface area contributed by atoms with E-state index in [1.54, 1.807) is 18.2 Å². The first kappa shape index (κ1) is 12.3. The van der Waals surface area contributed by atoms with Gasteiger partial charge in [-0.3, -0.25) is 9.59 Å². The lowest BCUT2D eigenvalue weighted by molar-refractivity contribution is 0.101. The standard InChI is InChI=1S/C15H12N2O3/c1-8(18)9-4-3-5-10-11(9)6-13(20-2)15-12(10)7-14(19)16-17-15/h3-7H,1-2H3,(H,16,19). The van der Waals surface area contributed by atoms with E-state index >= 15 is 0 Å². The van der Waals surface area contributed by atoms with Crippen molar-refractivity contribution in [3.63, 3.8) is 0 Å². The van der Waals surface area contributed by atoms with Gasteiger partial charge in [0.2, 0.25) is 0 Å². The van der Waals surface area contributed by atoms with E-state index in [0.29, 0.717) is 22.2 Å². The molecule has 100 valence electrons. The molecule has 0 radical (unpaired) electrons. The molecule has 0 amide bonds. The minimum Gasteiger partial charge on any atom is -0.494 e. The summed E-state index contributed by atoms with van der Waals surface area (Å²) in [6, 6.07) is 8.67. The SMILES string of the molecule is COc1cc2c(C(C)=O)cccc2c2cc(=O)[nH]nc12. The fourth-order valence-corrected chi connectivity index (χ4v) is 2.41. The van der Waals surface area contributed by atoms with E-state index < -0.39 is 0 Å². The van der Waals surface area contributed by atoms with E-state index in [-0.39, 0.29) is 11.3 Å². The number of hydrogen-bond donors (Lipinski definition) is 1. The number of ether oxygens (including phenoxy) is 1. The smallest absolute Gasteiger partial charge is 0.264 e. The first-order chi connectivity index (χ1) is 9.61. The number of rotatable bonds is 2. The largest absolute Gasteiger partial charge is 0.494 e. The molecule has 5 nitrogen and oxygen atoms in total. The van der Waals surface area contributed by atoms with Crippen LogP contribution < -0.4 is 10.3 Å². The third-order valence-corrected chi connectivity index (χ3v) is 3.31. The van der Waals surface area contributed by atoms with Crippen molar-refractivity contribution in [1.29, 1.82) is 0 Å². The maximum atomic E-state index is 11.7. The summed E-state index contributed by atoms with van der Waals surface area (Å²) in [7, 11) is 1.53. The number of carbonyl (C=O) groups excluding carboxylic acids is 1. The van der Waals surface area contributed by atoms with Crippen molar-refractivity contribution in [3.8, 4) is 5.75 Å². The molecule has 2 aromatic carbocycles. The fourth-order valence-electron chi connectivity index (χ4n) is 2.41. The maximum Gasteiger partial charge on any atom is 0.264 e. The molecule has 0 unspecified atom stereocenters. The van der Waals surface area contributed by atoms with Gasteiger partial charge in [-0.15, -0.1) is 0 Å². The average molecular weight is 268 g/mol. The van der Waals surface area contributed by atoms with Crippen molar-refractivity contribution in [3.05, 3.63) is 46.2 Å². The van der Waals surface area contributed by atoms with Crippen LogP contribution in [0.4, 0.5) is 0 Å². The molecule has 0 aliphatic heterocycles. The van der Waals surface area contributed by atoms with Crippen LogP contribution in [0.1, 0.15) is 17.3 Å². The number of aromatic amines is 1. The summed E-state index contributed by atoms with van der Waals surface area (Å²) in [6.45, 7) is 1.52. The Morgan fingerprint density at radius 2 is 2.00 bits per heavy atom. The van der Waals surface area contributed by atoms with Crippen molar-refractivity contribution in [2.24, 2.45) is 0 Å². The molecule has 0 aliphatic carbocycles. The van der Waals surface area contributed by atoms with Gasteiger partial charge in [0.15, 0.2) is 5.78 Å². The van der Waals surface area contributed by atoms with Gasteiger partial charge < -0.3 is 4.74 Å². The number of methoxy groups -OCH3 is 1. The quantitative estimate of drug-likeness (QED) is 0.571. The predicted molar refractivity (Wildman–Crippen MR) is 76.4 cm³/mol. The monoisotopic (exact) mass is 268 g/mol. The Bertz CT molecular complexity index is 897. The van der Waals surface area contributed by atoms with Crippen LogP contribution in [0.3, 0.4) is 0 Å². The number of ketones is 1. The molecule has 0 spiro atoms. The van der Waals surface area contributed by atoms with E-state index in [4.69, 9.17) is 4.74 Å². The molecule has 5 heteroatoms. The summed E-state index contributed by atoms with van der Waals surface area (Å²) in [5.74, 6) is 0.493. The lowest BCUT2D eigenvalue weighted by atomic mass is 9.98. The van der Waals surface area contributed by atoms with Gasteiger partial charge >= 0.3 is 0 Å². The molecule has 3 rings (SSSR count). The summed E-state index contributed by atoms with van der Waals surface area (Å²) >= 11 is 0. The lowest BCUT2D eigenvalue weighted by Gasteiger charge is -2.10. The van der Waals surface area contributed by atoms with E-state index in [1.807, 2.05) is 6.07 Å². The van der Waals surface area contributed by atoms with E-state index in [1.165, 1.54) is 20.1 Å². The van der Waals surface area contributed by atoms with Crippen molar-refractivity contribution in [2.45, 2.75) is 6.92 Å². The molecule has 1 N–H and O–H groups in total. The Morgan fingerprint density at radius 3 is 2.70 bits per heavy atom. The molecule has 1 heterocycles. The molecular weight excluding hydrogens is 256 g/mol. The second-order valence-electron chi connectivity index (χ2n) is 4.53. The van der Waals surface area contributed by atoms with Crippen molar-refractivity contribution < 1.29 is 9.53 Å². The van der Waals surface area contributed by atoms with Gasteiger partial charge in [-0.1, -0.05) is 18.2 Å². The highest BCUT2D eigenvalue weighted by Crippen LogP contribution is 2.32. The summed E-state index contributed by atoms with van der Waals surface area (Å²) < 4.78 is 5.31. The van der Waals surface area contributed by atoms with Gasteiger partial charge in [-0.05, 0) is 23.8 Å². The predicted octanol–water partition coefficient (Wildman–Crippen LogP) is 2.29. The Kier molecular flexibility index (Phi) is 2.75. The van der Waals surface area contributed by atoms with E-state index in [0.717, 1.165) is 10.8 Å².